The van der Waals surface area contributed by atoms with E-state index in [2.05, 4.69) is 10.3 Å². The third-order valence-electron chi connectivity index (χ3n) is 3.73. The summed E-state index contributed by atoms with van der Waals surface area (Å²) < 4.78 is 15.3. The predicted molar refractivity (Wildman–Crippen MR) is 91.6 cm³/mol. The highest BCUT2D eigenvalue weighted by Crippen LogP contribution is 2.20. The Hall–Kier alpha value is -2.21. The van der Waals surface area contributed by atoms with Crippen molar-refractivity contribution in [2.45, 2.75) is 12.6 Å². The van der Waals surface area contributed by atoms with E-state index < -0.39 is 11.9 Å². The number of benzene rings is 2. The molecule has 0 bridgehead atoms. The number of hydrogen-bond acceptors (Lipinski definition) is 3. The topological polar surface area (TPSA) is 50.1 Å². The number of aliphatic hydroxyl groups is 1. The smallest absolute Gasteiger partial charge is 0.142 e. The predicted octanol–water partition coefficient (Wildman–Crippen LogP) is 3.49. The van der Waals surface area contributed by atoms with Crippen LogP contribution in [0.3, 0.4) is 0 Å². The van der Waals surface area contributed by atoms with Gasteiger partial charge in [-0.1, -0.05) is 29.8 Å². The minimum absolute atomic E-state index is 0.0527. The van der Waals surface area contributed by atoms with Crippen molar-refractivity contribution in [1.82, 2.24) is 14.9 Å². The van der Waals surface area contributed by atoms with E-state index in [1.54, 1.807) is 18.6 Å². The molecule has 24 heavy (non-hydrogen) atoms. The second kappa shape index (κ2) is 7.57. The SMILES string of the molecule is OC(CNCc1ccc(-n2ccnc2)cc1)c1ccc(Cl)c(F)c1. The quantitative estimate of drug-likeness (QED) is 0.719. The first-order valence-electron chi connectivity index (χ1n) is 7.54. The van der Waals surface area contributed by atoms with E-state index in [9.17, 15) is 9.50 Å². The molecular formula is C18H17ClFN3O. The first-order valence-corrected chi connectivity index (χ1v) is 7.92. The van der Waals surface area contributed by atoms with E-state index in [1.807, 2.05) is 35.0 Å². The average Bonchev–Trinajstić information content (AvgIpc) is 3.12. The normalized spacial score (nSPS) is 12.3. The van der Waals surface area contributed by atoms with Crippen LogP contribution in [0.1, 0.15) is 17.2 Å². The van der Waals surface area contributed by atoms with Crippen molar-refractivity contribution in [1.29, 1.82) is 0 Å². The standard InChI is InChI=1S/C18H17ClFN3O/c19-16-6-3-14(9-17(16)20)18(24)11-22-10-13-1-4-15(5-2-13)23-8-7-21-12-23/h1-9,12,18,22,24H,10-11H2. The Balaban J connectivity index is 1.53. The van der Waals surface area contributed by atoms with Gasteiger partial charge in [-0.25, -0.2) is 9.37 Å². The van der Waals surface area contributed by atoms with Crippen LogP contribution in [0, 0.1) is 5.82 Å². The highest BCUT2D eigenvalue weighted by atomic mass is 35.5. The lowest BCUT2D eigenvalue weighted by Gasteiger charge is -2.13. The molecule has 1 unspecified atom stereocenters. The molecule has 124 valence electrons. The molecule has 1 aromatic heterocycles. The molecule has 3 aromatic rings. The molecule has 2 N–H and O–H groups in total. The maximum Gasteiger partial charge on any atom is 0.142 e. The summed E-state index contributed by atoms with van der Waals surface area (Å²) in [6.07, 6.45) is 4.57. The first kappa shape index (κ1) is 16.6. The molecule has 4 nitrogen and oxygen atoms in total. The summed E-state index contributed by atoms with van der Waals surface area (Å²) in [4.78, 5) is 4.02. The molecule has 0 saturated heterocycles. The largest absolute Gasteiger partial charge is 0.387 e. The van der Waals surface area contributed by atoms with Crippen molar-refractivity contribution in [2.75, 3.05) is 6.54 Å². The number of aliphatic hydroxyl groups excluding tert-OH is 1. The van der Waals surface area contributed by atoms with Crippen molar-refractivity contribution >= 4 is 11.6 Å². The third kappa shape index (κ3) is 4.00. The zero-order valence-electron chi connectivity index (χ0n) is 12.9. The summed E-state index contributed by atoms with van der Waals surface area (Å²) >= 11 is 5.64. The molecule has 0 radical (unpaired) electrons. The lowest BCUT2D eigenvalue weighted by molar-refractivity contribution is 0.174. The lowest BCUT2D eigenvalue weighted by Crippen LogP contribution is -2.21. The van der Waals surface area contributed by atoms with Crippen LogP contribution in [0.25, 0.3) is 5.69 Å². The Labute approximate surface area is 144 Å². The second-order valence-corrected chi connectivity index (χ2v) is 5.86. The molecule has 1 heterocycles. The van der Waals surface area contributed by atoms with Crippen LogP contribution >= 0.6 is 11.6 Å². The minimum Gasteiger partial charge on any atom is -0.387 e. The molecule has 0 saturated carbocycles. The van der Waals surface area contributed by atoms with Crippen LogP contribution < -0.4 is 5.32 Å². The molecule has 2 aromatic carbocycles. The van der Waals surface area contributed by atoms with Crippen LogP contribution in [0.2, 0.25) is 5.02 Å². The Morgan fingerprint density at radius 2 is 2.00 bits per heavy atom. The van der Waals surface area contributed by atoms with Crippen molar-refractivity contribution in [3.63, 3.8) is 0 Å². The molecule has 6 heteroatoms. The number of rotatable bonds is 6. The van der Waals surface area contributed by atoms with E-state index >= 15 is 0 Å². The van der Waals surface area contributed by atoms with Gasteiger partial charge in [0.1, 0.15) is 5.82 Å². The number of hydrogen-bond donors (Lipinski definition) is 2. The van der Waals surface area contributed by atoms with E-state index in [1.165, 1.54) is 12.1 Å². The fourth-order valence-corrected chi connectivity index (χ4v) is 2.51. The monoisotopic (exact) mass is 345 g/mol. The average molecular weight is 346 g/mol. The van der Waals surface area contributed by atoms with Crippen LogP contribution in [0.4, 0.5) is 4.39 Å². The van der Waals surface area contributed by atoms with Gasteiger partial charge in [0.05, 0.1) is 17.5 Å². The Morgan fingerprint density at radius 3 is 2.67 bits per heavy atom. The molecule has 0 aliphatic carbocycles. The lowest BCUT2D eigenvalue weighted by atomic mass is 10.1. The van der Waals surface area contributed by atoms with E-state index in [0.29, 0.717) is 18.7 Å². The summed E-state index contributed by atoms with van der Waals surface area (Å²) in [5.41, 5.74) is 2.63. The number of aromatic nitrogens is 2. The van der Waals surface area contributed by atoms with E-state index in [-0.39, 0.29) is 5.02 Å². The summed E-state index contributed by atoms with van der Waals surface area (Å²) in [7, 11) is 0. The van der Waals surface area contributed by atoms with E-state index in [4.69, 9.17) is 11.6 Å². The van der Waals surface area contributed by atoms with Crippen molar-refractivity contribution in [3.8, 4) is 5.69 Å². The number of nitrogens with one attached hydrogen (secondary N) is 1. The van der Waals surface area contributed by atoms with Gasteiger partial charge < -0.3 is 15.0 Å². The van der Waals surface area contributed by atoms with Gasteiger partial charge in [-0.05, 0) is 35.4 Å². The fraction of sp³-hybridized carbons (Fsp3) is 0.167. The molecule has 0 amide bonds. The van der Waals surface area contributed by atoms with Gasteiger partial charge in [0.25, 0.3) is 0 Å². The van der Waals surface area contributed by atoms with Gasteiger partial charge in [-0.15, -0.1) is 0 Å². The highest BCUT2D eigenvalue weighted by Gasteiger charge is 2.10. The fourth-order valence-electron chi connectivity index (χ4n) is 2.39. The van der Waals surface area contributed by atoms with Crippen LogP contribution in [0.5, 0.6) is 0 Å². The van der Waals surface area contributed by atoms with Crippen molar-refractivity contribution < 1.29 is 9.50 Å². The van der Waals surface area contributed by atoms with Crippen molar-refractivity contribution in [2.24, 2.45) is 0 Å². The van der Waals surface area contributed by atoms with Crippen LogP contribution in [-0.2, 0) is 6.54 Å². The maximum atomic E-state index is 13.4. The molecule has 0 spiro atoms. The second-order valence-electron chi connectivity index (χ2n) is 5.46. The Morgan fingerprint density at radius 1 is 1.21 bits per heavy atom. The highest BCUT2D eigenvalue weighted by molar-refractivity contribution is 6.30. The van der Waals surface area contributed by atoms with Gasteiger partial charge >= 0.3 is 0 Å². The molecular weight excluding hydrogens is 329 g/mol. The Kier molecular flexibility index (Phi) is 5.25. The molecule has 3 rings (SSSR count). The van der Waals surface area contributed by atoms with Gasteiger partial charge in [0, 0.05) is 31.2 Å². The maximum absolute atomic E-state index is 13.4. The first-order chi connectivity index (χ1) is 11.6. The molecule has 0 aliphatic rings. The third-order valence-corrected chi connectivity index (χ3v) is 4.04. The number of imidazole rings is 1. The molecule has 0 aliphatic heterocycles. The number of halogens is 2. The summed E-state index contributed by atoms with van der Waals surface area (Å²) in [6.45, 7) is 0.932. The summed E-state index contributed by atoms with van der Waals surface area (Å²) in [5, 5.41) is 13.3. The van der Waals surface area contributed by atoms with Crippen LogP contribution in [0.15, 0.2) is 61.2 Å². The van der Waals surface area contributed by atoms with Gasteiger partial charge in [-0.2, -0.15) is 0 Å². The Bertz CT molecular complexity index is 791. The number of nitrogens with zero attached hydrogens (tertiary/aromatic N) is 2. The van der Waals surface area contributed by atoms with Gasteiger partial charge in [0.15, 0.2) is 0 Å². The van der Waals surface area contributed by atoms with Crippen molar-refractivity contribution in [3.05, 3.63) is 83.2 Å². The van der Waals surface area contributed by atoms with Gasteiger partial charge in [-0.3, -0.25) is 0 Å². The van der Waals surface area contributed by atoms with E-state index in [0.717, 1.165) is 11.3 Å². The van der Waals surface area contributed by atoms with Crippen LogP contribution in [-0.4, -0.2) is 21.2 Å². The molecule has 0 fully saturated rings. The molecule has 1 atom stereocenters. The zero-order valence-corrected chi connectivity index (χ0v) is 13.6. The van der Waals surface area contributed by atoms with Gasteiger partial charge in [0.2, 0.25) is 0 Å². The summed E-state index contributed by atoms with van der Waals surface area (Å²) in [6, 6.07) is 12.4. The zero-order chi connectivity index (χ0) is 16.9. The minimum atomic E-state index is -0.790. The summed E-state index contributed by atoms with van der Waals surface area (Å²) in [5.74, 6) is -0.525.